The van der Waals surface area contributed by atoms with Gasteiger partial charge in [-0.2, -0.15) is 0 Å². The molecule has 1 saturated heterocycles. The zero-order valence-electron chi connectivity index (χ0n) is 10.7. The van der Waals surface area contributed by atoms with Gasteiger partial charge in [0.1, 0.15) is 0 Å². The first-order chi connectivity index (χ1) is 9.16. The highest BCUT2D eigenvalue weighted by molar-refractivity contribution is 7.80. The maximum Gasteiger partial charge on any atom is 0.252 e. The molecule has 0 radical (unpaired) electrons. The highest BCUT2D eigenvalue weighted by Gasteiger charge is 2.12. The lowest BCUT2D eigenvalue weighted by atomic mass is 10.2. The van der Waals surface area contributed by atoms with E-state index in [1.807, 2.05) is 0 Å². The first kappa shape index (κ1) is 14.7. The number of nitrogens with one attached hydrogen (secondary N) is 2. The number of nitrogens with zero attached hydrogens (tertiary/aromatic N) is 1. The van der Waals surface area contributed by atoms with E-state index in [0.29, 0.717) is 17.1 Å². The number of thiol groups is 1. The zero-order valence-corrected chi connectivity index (χ0v) is 12.3. The summed E-state index contributed by atoms with van der Waals surface area (Å²) in [5.41, 5.74) is 0.481. The van der Waals surface area contributed by atoms with Crippen molar-refractivity contribution in [2.45, 2.75) is 4.90 Å². The standard InChI is InChI=1S/C13H18ClN3OS/c14-12-2-1-10(19)9-11(12)13(18)16-5-8-17-6-3-15-4-7-17/h1-2,9,15,19H,3-8H2,(H,16,18). The van der Waals surface area contributed by atoms with Crippen LogP contribution in [-0.4, -0.2) is 50.1 Å². The van der Waals surface area contributed by atoms with E-state index in [2.05, 4.69) is 28.2 Å². The van der Waals surface area contributed by atoms with Gasteiger partial charge in [0, 0.05) is 44.2 Å². The van der Waals surface area contributed by atoms with Gasteiger partial charge in [0.2, 0.25) is 0 Å². The minimum Gasteiger partial charge on any atom is -0.351 e. The van der Waals surface area contributed by atoms with Gasteiger partial charge in [-0.1, -0.05) is 11.6 Å². The van der Waals surface area contributed by atoms with Crippen LogP contribution in [-0.2, 0) is 0 Å². The van der Waals surface area contributed by atoms with E-state index in [1.54, 1.807) is 18.2 Å². The van der Waals surface area contributed by atoms with Crippen LogP contribution in [0.3, 0.4) is 0 Å². The number of halogens is 1. The number of hydrogen-bond donors (Lipinski definition) is 3. The lowest BCUT2D eigenvalue weighted by Crippen LogP contribution is -2.46. The summed E-state index contributed by atoms with van der Waals surface area (Å²) in [5.74, 6) is -0.143. The second-order valence-electron chi connectivity index (χ2n) is 4.51. The first-order valence-corrected chi connectivity index (χ1v) is 7.19. The predicted molar refractivity (Wildman–Crippen MR) is 80.3 cm³/mol. The molecule has 2 rings (SSSR count). The van der Waals surface area contributed by atoms with Crippen molar-refractivity contribution >= 4 is 30.1 Å². The Kier molecular flexibility index (Phi) is 5.51. The first-order valence-electron chi connectivity index (χ1n) is 6.36. The highest BCUT2D eigenvalue weighted by Crippen LogP contribution is 2.19. The Bertz CT molecular complexity index is 450. The average molecular weight is 300 g/mol. The Morgan fingerprint density at radius 3 is 2.89 bits per heavy atom. The summed E-state index contributed by atoms with van der Waals surface area (Å²) >= 11 is 10.2. The molecule has 2 N–H and O–H groups in total. The van der Waals surface area contributed by atoms with Crippen LogP contribution in [0.4, 0.5) is 0 Å². The van der Waals surface area contributed by atoms with Gasteiger partial charge in [-0.15, -0.1) is 12.6 Å². The molecule has 0 unspecified atom stereocenters. The molecular weight excluding hydrogens is 282 g/mol. The summed E-state index contributed by atoms with van der Waals surface area (Å²) in [5, 5.41) is 6.65. The molecule has 1 aliphatic rings. The molecule has 1 aliphatic heterocycles. The van der Waals surface area contributed by atoms with Crippen molar-refractivity contribution in [3.8, 4) is 0 Å². The number of carbonyl (C=O) groups excluding carboxylic acids is 1. The molecular formula is C13H18ClN3OS. The average Bonchev–Trinajstić information content (AvgIpc) is 2.42. The predicted octanol–water partition coefficient (Wildman–Crippen LogP) is 1.26. The fourth-order valence-corrected chi connectivity index (χ4v) is 2.45. The van der Waals surface area contributed by atoms with Gasteiger partial charge in [-0.05, 0) is 18.2 Å². The van der Waals surface area contributed by atoms with Gasteiger partial charge in [0.15, 0.2) is 0 Å². The Balaban J connectivity index is 1.82. The van der Waals surface area contributed by atoms with E-state index in [4.69, 9.17) is 11.6 Å². The fourth-order valence-electron chi connectivity index (χ4n) is 2.04. The lowest BCUT2D eigenvalue weighted by molar-refractivity contribution is 0.0947. The number of amides is 1. The molecule has 1 heterocycles. The van der Waals surface area contributed by atoms with Crippen molar-refractivity contribution in [2.24, 2.45) is 0 Å². The van der Waals surface area contributed by atoms with Crippen molar-refractivity contribution in [1.82, 2.24) is 15.5 Å². The molecule has 0 atom stereocenters. The van der Waals surface area contributed by atoms with E-state index >= 15 is 0 Å². The zero-order chi connectivity index (χ0) is 13.7. The number of piperazine rings is 1. The van der Waals surface area contributed by atoms with E-state index in [0.717, 1.165) is 37.6 Å². The molecule has 104 valence electrons. The Morgan fingerprint density at radius 2 is 2.16 bits per heavy atom. The third kappa shape index (κ3) is 4.38. The highest BCUT2D eigenvalue weighted by atomic mass is 35.5. The molecule has 6 heteroatoms. The maximum atomic E-state index is 12.0. The molecule has 4 nitrogen and oxygen atoms in total. The third-order valence-corrected chi connectivity index (χ3v) is 3.73. The van der Waals surface area contributed by atoms with Gasteiger partial charge in [-0.3, -0.25) is 9.69 Å². The second-order valence-corrected chi connectivity index (χ2v) is 5.44. The summed E-state index contributed by atoms with van der Waals surface area (Å²) in [6.45, 7) is 5.59. The van der Waals surface area contributed by atoms with E-state index in [1.165, 1.54) is 0 Å². The largest absolute Gasteiger partial charge is 0.351 e. The van der Waals surface area contributed by atoms with Crippen LogP contribution in [0.1, 0.15) is 10.4 Å². The number of carbonyl (C=O) groups is 1. The van der Waals surface area contributed by atoms with Crippen LogP contribution in [0, 0.1) is 0 Å². The molecule has 1 amide bonds. The van der Waals surface area contributed by atoms with Crippen molar-refractivity contribution < 1.29 is 4.79 Å². The van der Waals surface area contributed by atoms with Crippen LogP contribution >= 0.6 is 24.2 Å². The summed E-state index contributed by atoms with van der Waals surface area (Å²) in [7, 11) is 0. The van der Waals surface area contributed by atoms with E-state index in [-0.39, 0.29) is 5.91 Å². The number of hydrogen-bond acceptors (Lipinski definition) is 4. The smallest absolute Gasteiger partial charge is 0.252 e. The summed E-state index contributed by atoms with van der Waals surface area (Å²) in [6, 6.07) is 5.14. The van der Waals surface area contributed by atoms with Gasteiger partial charge in [0.25, 0.3) is 5.91 Å². The van der Waals surface area contributed by atoms with E-state index in [9.17, 15) is 4.79 Å². The normalized spacial score (nSPS) is 16.3. The topological polar surface area (TPSA) is 44.4 Å². The molecule has 0 bridgehead atoms. The van der Waals surface area contributed by atoms with Crippen LogP contribution in [0.5, 0.6) is 0 Å². The molecule has 0 aliphatic carbocycles. The number of rotatable bonds is 4. The van der Waals surface area contributed by atoms with Crippen LogP contribution in [0.2, 0.25) is 5.02 Å². The molecule has 0 saturated carbocycles. The Hall–Kier alpha value is -0.750. The van der Waals surface area contributed by atoms with Gasteiger partial charge in [0.05, 0.1) is 10.6 Å². The fraction of sp³-hybridized carbons (Fsp3) is 0.462. The van der Waals surface area contributed by atoms with Crippen LogP contribution < -0.4 is 10.6 Å². The Morgan fingerprint density at radius 1 is 1.42 bits per heavy atom. The lowest BCUT2D eigenvalue weighted by Gasteiger charge is -2.27. The molecule has 1 aromatic rings. The molecule has 19 heavy (non-hydrogen) atoms. The molecule has 1 aromatic carbocycles. The van der Waals surface area contributed by atoms with Gasteiger partial charge in [-0.25, -0.2) is 0 Å². The number of benzene rings is 1. The summed E-state index contributed by atoms with van der Waals surface area (Å²) in [4.78, 5) is 15.1. The van der Waals surface area contributed by atoms with Crippen molar-refractivity contribution in [1.29, 1.82) is 0 Å². The van der Waals surface area contributed by atoms with Crippen LogP contribution in [0.15, 0.2) is 23.1 Å². The minimum atomic E-state index is -0.143. The Labute approximate surface area is 123 Å². The third-order valence-electron chi connectivity index (χ3n) is 3.12. The SMILES string of the molecule is O=C(NCCN1CCNCC1)c1cc(S)ccc1Cl. The second kappa shape index (κ2) is 7.14. The summed E-state index contributed by atoms with van der Waals surface area (Å²) < 4.78 is 0. The molecule has 1 fully saturated rings. The van der Waals surface area contributed by atoms with Gasteiger partial charge < -0.3 is 10.6 Å². The molecule has 0 aromatic heterocycles. The minimum absolute atomic E-state index is 0.143. The summed E-state index contributed by atoms with van der Waals surface area (Å²) in [6.07, 6.45) is 0. The van der Waals surface area contributed by atoms with Crippen molar-refractivity contribution in [2.75, 3.05) is 39.3 Å². The molecule has 0 spiro atoms. The van der Waals surface area contributed by atoms with E-state index < -0.39 is 0 Å². The monoisotopic (exact) mass is 299 g/mol. The maximum absolute atomic E-state index is 12.0. The van der Waals surface area contributed by atoms with Crippen LogP contribution in [0.25, 0.3) is 0 Å². The van der Waals surface area contributed by atoms with Crippen molar-refractivity contribution in [3.05, 3.63) is 28.8 Å². The quantitative estimate of drug-likeness (QED) is 0.734. The van der Waals surface area contributed by atoms with Gasteiger partial charge >= 0.3 is 0 Å². The van der Waals surface area contributed by atoms with Crippen molar-refractivity contribution in [3.63, 3.8) is 0 Å².